The number of ether oxygens (including phenoxy) is 1. The first-order chi connectivity index (χ1) is 12.1. The molecule has 1 aromatic heterocycles. The lowest BCUT2D eigenvalue weighted by Crippen LogP contribution is -2.44. The van der Waals surface area contributed by atoms with E-state index in [0.717, 1.165) is 65.3 Å². The summed E-state index contributed by atoms with van der Waals surface area (Å²) in [6.07, 6.45) is 6.07. The average Bonchev–Trinajstić information content (AvgIpc) is 3.23. The van der Waals surface area contributed by atoms with Gasteiger partial charge in [0.05, 0.1) is 19.4 Å². The van der Waals surface area contributed by atoms with E-state index in [9.17, 15) is 4.79 Å². The number of nitrogens with one attached hydrogen (secondary N) is 1. The van der Waals surface area contributed by atoms with Crippen molar-refractivity contribution in [2.45, 2.75) is 19.8 Å². The summed E-state index contributed by atoms with van der Waals surface area (Å²) in [6.45, 7) is 9.31. The summed E-state index contributed by atoms with van der Waals surface area (Å²) in [5.41, 5.74) is 1.26. The van der Waals surface area contributed by atoms with Gasteiger partial charge in [0, 0.05) is 52.5 Å². The van der Waals surface area contributed by atoms with Crippen molar-refractivity contribution >= 4 is 6.03 Å². The van der Waals surface area contributed by atoms with Gasteiger partial charge in [-0.2, -0.15) is 5.10 Å². The minimum atomic E-state index is 0.0857. The Morgan fingerprint density at radius 2 is 2.20 bits per heavy atom. The maximum Gasteiger partial charge on any atom is 0.317 e. The van der Waals surface area contributed by atoms with Gasteiger partial charge in [0.2, 0.25) is 0 Å². The van der Waals surface area contributed by atoms with E-state index in [4.69, 9.17) is 4.74 Å². The number of hydrogen-bond acceptors (Lipinski definition) is 4. The van der Waals surface area contributed by atoms with Gasteiger partial charge in [-0.3, -0.25) is 9.58 Å². The zero-order valence-electron chi connectivity index (χ0n) is 15.5. The lowest BCUT2D eigenvalue weighted by molar-refractivity contribution is 0.0319. The second-order valence-corrected chi connectivity index (χ2v) is 7.53. The Labute approximate surface area is 150 Å². The Kier molecular flexibility index (Phi) is 6.31. The molecule has 2 amide bonds. The van der Waals surface area contributed by atoms with Gasteiger partial charge in [0.1, 0.15) is 0 Å². The second kappa shape index (κ2) is 8.67. The summed E-state index contributed by atoms with van der Waals surface area (Å²) in [7, 11) is 1.94. The van der Waals surface area contributed by atoms with Crippen LogP contribution in [0.15, 0.2) is 12.4 Å². The molecule has 2 unspecified atom stereocenters. The molecule has 140 valence electrons. The van der Waals surface area contributed by atoms with Crippen LogP contribution in [0.2, 0.25) is 0 Å². The van der Waals surface area contributed by atoms with Crippen molar-refractivity contribution in [2.75, 3.05) is 52.5 Å². The van der Waals surface area contributed by atoms with Gasteiger partial charge in [-0.25, -0.2) is 4.79 Å². The van der Waals surface area contributed by atoms with Crippen LogP contribution in [0.3, 0.4) is 0 Å². The van der Waals surface area contributed by atoms with E-state index < -0.39 is 0 Å². The first-order valence-corrected chi connectivity index (χ1v) is 9.40. The standard InChI is InChI=1S/C18H31N5O2/c1-15(12-22-5-7-25-8-6-22)10-19-18(24)23-4-3-16(14-23)9-17-11-20-21(2)13-17/h11,13,15-16H,3-10,12,14H2,1-2H3,(H,19,24). The fraction of sp³-hybridized carbons (Fsp3) is 0.778. The molecule has 3 heterocycles. The van der Waals surface area contributed by atoms with Gasteiger partial charge >= 0.3 is 6.03 Å². The fourth-order valence-electron chi connectivity index (χ4n) is 3.76. The molecule has 3 rings (SSSR count). The number of rotatable bonds is 6. The third kappa shape index (κ3) is 5.44. The Morgan fingerprint density at radius 3 is 2.92 bits per heavy atom. The molecule has 7 nitrogen and oxygen atoms in total. The van der Waals surface area contributed by atoms with Crippen LogP contribution in [0.25, 0.3) is 0 Å². The topological polar surface area (TPSA) is 62.6 Å². The molecule has 0 aromatic carbocycles. The van der Waals surface area contributed by atoms with Crippen LogP contribution in [-0.2, 0) is 18.2 Å². The number of aryl methyl sites for hydroxylation is 1. The molecular formula is C18H31N5O2. The maximum absolute atomic E-state index is 12.4. The van der Waals surface area contributed by atoms with E-state index in [1.54, 1.807) is 0 Å². The van der Waals surface area contributed by atoms with Crippen molar-refractivity contribution in [3.63, 3.8) is 0 Å². The Morgan fingerprint density at radius 1 is 1.40 bits per heavy atom. The molecule has 2 atom stereocenters. The highest BCUT2D eigenvalue weighted by atomic mass is 16.5. The van der Waals surface area contributed by atoms with Crippen molar-refractivity contribution in [1.29, 1.82) is 0 Å². The van der Waals surface area contributed by atoms with Crippen LogP contribution < -0.4 is 5.32 Å². The van der Waals surface area contributed by atoms with E-state index >= 15 is 0 Å². The number of likely N-dealkylation sites (tertiary alicyclic amines) is 1. The number of aromatic nitrogens is 2. The highest BCUT2D eigenvalue weighted by Gasteiger charge is 2.26. The SMILES string of the molecule is CC(CNC(=O)N1CCC(Cc2cnn(C)c2)C1)CN1CCOCC1. The predicted octanol–water partition coefficient (Wildman–Crippen LogP) is 0.962. The van der Waals surface area contributed by atoms with Gasteiger partial charge in [0.15, 0.2) is 0 Å². The molecule has 2 saturated heterocycles. The van der Waals surface area contributed by atoms with Crippen LogP contribution >= 0.6 is 0 Å². The molecule has 0 radical (unpaired) electrons. The highest BCUT2D eigenvalue weighted by molar-refractivity contribution is 5.74. The van der Waals surface area contributed by atoms with Crippen LogP contribution in [-0.4, -0.2) is 78.1 Å². The quantitative estimate of drug-likeness (QED) is 0.831. The van der Waals surface area contributed by atoms with E-state index in [0.29, 0.717) is 11.8 Å². The van der Waals surface area contributed by atoms with Gasteiger partial charge in [-0.1, -0.05) is 6.92 Å². The van der Waals surface area contributed by atoms with Crippen molar-refractivity contribution < 1.29 is 9.53 Å². The molecule has 2 aliphatic heterocycles. The molecule has 0 bridgehead atoms. The summed E-state index contributed by atoms with van der Waals surface area (Å²) in [5, 5.41) is 7.34. The summed E-state index contributed by atoms with van der Waals surface area (Å²) < 4.78 is 7.22. The average molecular weight is 349 g/mol. The van der Waals surface area contributed by atoms with Crippen molar-refractivity contribution in [3.05, 3.63) is 18.0 Å². The first kappa shape index (κ1) is 18.2. The summed E-state index contributed by atoms with van der Waals surface area (Å²) in [5.74, 6) is 0.997. The molecule has 25 heavy (non-hydrogen) atoms. The van der Waals surface area contributed by atoms with Crippen LogP contribution in [0.1, 0.15) is 18.9 Å². The molecule has 2 fully saturated rings. The van der Waals surface area contributed by atoms with E-state index in [-0.39, 0.29) is 6.03 Å². The molecule has 0 saturated carbocycles. The Balaban J connectivity index is 1.35. The van der Waals surface area contributed by atoms with Gasteiger partial charge in [0.25, 0.3) is 0 Å². The number of carbonyl (C=O) groups excluding carboxylic acids is 1. The number of carbonyl (C=O) groups is 1. The second-order valence-electron chi connectivity index (χ2n) is 7.53. The number of amides is 2. The van der Waals surface area contributed by atoms with Crippen LogP contribution in [0.4, 0.5) is 4.79 Å². The van der Waals surface area contributed by atoms with Gasteiger partial charge in [-0.05, 0) is 30.2 Å². The monoisotopic (exact) mass is 349 g/mol. The van der Waals surface area contributed by atoms with Crippen LogP contribution in [0.5, 0.6) is 0 Å². The summed E-state index contributed by atoms with van der Waals surface area (Å²) in [4.78, 5) is 16.8. The minimum absolute atomic E-state index is 0.0857. The maximum atomic E-state index is 12.4. The normalized spacial score (nSPS) is 23.0. The number of morpholine rings is 1. The molecule has 2 aliphatic rings. The zero-order chi connectivity index (χ0) is 17.6. The first-order valence-electron chi connectivity index (χ1n) is 9.40. The Bertz CT molecular complexity index is 555. The van der Waals surface area contributed by atoms with Crippen LogP contribution in [0, 0.1) is 11.8 Å². The molecule has 1 aromatic rings. The van der Waals surface area contributed by atoms with E-state index in [2.05, 4.69) is 28.4 Å². The highest BCUT2D eigenvalue weighted by Crippen LogP contribution is 2.20. The number of urea groups is 1. The summed E-state index contributed by atoms with van der Waals surface area (Å²) >= 11 is 0. The third-order valence-corrected chi connectivity index (χ3v) is 5.13. The molecular weight excluding hydrogens is 318 g/mol. The van der Waals surface area contributed by atoms with Crippen molar-refractivity contribution in [2.24, 2.45) is 18.9 Å². The molecule has 7 heteroatoms. The minimum Gasteiger partial charge on any atom is -0.379 e. The predicted molar refractivity (Wildman–Crippen MR) is 96.4 cm³/mol. The Hall–Kier alpha value is -1.60. The molecule has 1 N–H and O–H groups in total. The van der Waals surface area contributed by atoms with E-state index in [1.165, 1.54) is 5.56 Å². The lowest BCUT2D eigenvalue weighted by Gasteiger charge is -2.29. The molecule has 0 aliphatic carbocycles. The summed E-state index contributed by atoms with van der Waals surface area (Å²) in [6, 6.07) is 0.0857. The number of nitrogens with zero attached hydrogens (tertiary/aromatic N) is 4. The van der Waals surface area contributed by atoms with E-state index in [1.807, 2.05) is 22.8 Å². The largest absolute Gasteiger partial charge is 0.379 e. The lowest BCUT2D eigenvalue weighted by atomic mass is 10.0. The zero-order valence-corrected chi connectivity index (χ0v) is 15.5. The fourth-order valence-corrected chi connectivity index (χ4v) is 3.76. The molecule has 0 spiro atoms. The number of hydrogen-bond donors (Lipinski definition) is 1. The van der Waals surface area contributed by atoms with Gasteiger partial charge < -0.3 is 15.0 Å². The third-order valence-electron chi connectivity index (χ3n) is 5.13. The smallest absolute Gasteiger partial charge is 0.317 e. The van der Waals surface area contributed by atoms with Crippen molar-refractivity contribution in [3.8, 4) is 0 Å². The van der Waals surface area contributed by atoms with Crippen molar-refractivity contribution in [1.82, 2.24) is 24.9 Å². The van der Waals surface area contributed by atoms with Gasteiger partial charge in [-0.15, -0.1) is 0 Å².